The summed E-state index contributed by atoms with van der Waals surface area (Å²) in [5, 5.41) is 3.36. The summed E-state index contributed by atoms with van der Waals surface area (Å²) in [4.78, 5) is 0. The van der Waals surface area contributed by atoms with Crippen LogP contribution in [0.5, 0.6) is 0 Å². The molecule has 1 N–H and O–H groups in total. The predicted molar refractivity (Wildman–Crippen MR) is 58.0 cm³/mol. The summed E-state index contributed by atoms with van der Waals surface area (Å²) in [6, 6.07) is 0.591. The Bertz CT molecular complexity index is 118. The van der Waals surface area contributed by atoms with E-state index in [1.807, 2.05) is 14.0 Å². The van der Waals surface area contributed by atoms with Crippen LogP contribution in [0.15, 0.2) is 0 Å². The van der Waals surface area contributed by atoms with Crippen molar-refractivity contribution in [3.05, 3.63) is 0 Å². The number of ether oxygens (including phenoxy) is 1. The molecule has 0 aliphatic rings. The minimum atomic E-state index is 0.348. The molecule has 2 heteroatoms. The molecule has 0 heterocycles. The predicted octanol–water partition coefficient (Wildman–Crippen LogP) is 2.44. The average molecular weight is 187 g/mol. The lowest BCUT2D eigenvalue weighted by Gasteiger charge is -2.30. The number of rotatable bonds is 6. The normalized spacial score (nSPS) is 14.5. The maximum Gasteiger partial charge on any atom is 0.0466 e. The molecule has 0 spiro atoms. The van der Waals surface area contributed by atoms with Crippen molar-refractivity contribution in [1.82, 2.24) is 5.32 Å². The van der Waals surface area contributed by atoms with Gasteiger partial charge in [-0.2, -0.15) is 0 Å². The molecular formula is C11H25NO. The highest BCUT2D eigenvalue weighted by Gasteiger charge is 2.21. The molecular weight excluding hydrogens is 162 g/mol. The second-order valence-corrected chi connectivity index (χ2v) is 4.55. The highest BCUT2D eigenvalue weighted by molar-refractivity contribution is 4.78. The molecule has 0 saturated heterocycles. The van der Waals surface area contributed by atoms with Crippen molar-refractivity contribution in [2.75, 3.05) is 20.3 Å². The van der Waals surface area contributed by atoms with Crippen molar-refractivity contribution in [2.24, 2.45) is 5.41 Å². The summed E-state index contributed by atoms with van der Waals surface area (Å²) in [7, 11) is 2.04. The van der Waals surface area contributed by atoms with Gasteiger partial charge in [-0.25, -0.2) is 0 Å². The van der Waals surface area contributed by atoms with Crippen molar-refractivity contribution >= 4 is 0 Å². The van der Waals surface area contributed by atoms with E-state index in [2.05, 4.69) is 26.1 Å². The minimum Gasteiger partial charge on any atom is -0.382 e. The third-order valence-electron chi connectivity index (χ3n) is 2.38. The van der Waals surface area contributed by atoms with Gasteiger partial charge in [0.05, 0.1) is 0 Å². The Kier molecular flexibility index (Phi) is 6.35. The fourth-order valence-corrected chi connectivity index (χ4v) is 1.54. The minimum absolute atomic E-state index is 0.348. The summed E-state index contributed by atoms with van der Waals surface area (Å²) in [6.07, 6.45) is 2.34. The van der Waals surface area contributed by atoms with E-state index in [4.69, 9.17) is 4.74 Å². The van der Waals surface area contributed by atoms with Crippen LogP contribution in [0.1, 0.15) is 40.5 Å². The standard InChI is InChI=1S/C11H25NO/c1-6-13-9-7-8-10(12-5)11(2,3)4/h10,12H,6-9H2,1-5H3. The van der Waals surface area contributed by atoms with Crippen LogP contribution < -0.4 is 5.32 Å². The van der Waals surface area contributed by atoms with Crippen LogP contribution in [0, 0.1) is 5.41 Å². The van der Waals surface area contributed by atoms with Gasteiger partial charge in [0.15, 0.2) is 0 Å². The van der Waals surface area contributed by atoms with Gasteiger partial charge in [-0.15, -0.1) is 0 Å². The van der Waals surface area contributed by atoms with Gasteiger partial charge in [-0.05, 0) is 32.2 Å². The van der Waals surface area contributed by atoms with Crippen LogP contribution >= 0.6 is 0 Å². The van der Waals surface area contributed by atoms with Crippen LogP contribution in [-0.2, 0) is 4.74 Å². The van der Waals surface area contributed by atoms with E-state index in [0.29, 0.717) is 11.5 Å². The summed E-state index contributed by atoms with van der Waals surface area (Å²) in [5.41, 5.74) is 0.348. The Morgan fingerprint density at radius 3 is 2.31 bits per heavy atom. The molecule has 2 nitrogen and oxygen atoms in total. The molecule has 0 bridgehead atoms. The van der Waals surface area contributed by atoms with Gasteiger partial charge in [-0.1, -0.05) is 20.8 Å². The maximum absolute atomic E-state index is 5.31. The van der Waals surface area contributed by atoms with E-state index >= 15 is 0 Å². The first-order valence-electron chi connectivity index (χ1n) is 5.27. The molecule has 0 fully saturated rings. The third-order valence-corrected chi connectivity index (χ3v) is 2.38. The Hall–Kier alpha value is -0.0800. The van der Waals surface area contributed by atoms with Gasteiger partial charge in [0, 0.05) is 19.3 Å². The highest BCUT2D eigenvalue weighted by atomic mass is 16.5. The molecule has 1 unspecified atom stereocenters. The summed E-state index contributed by atoms with van der Waals surface area (Å²) >= 11 is 0. The molecule has 0 saturated carbocycles. The summed E-state index contributed by atoms with van der Waals surface area (Å²) < 4.78 is 5.31. The molecule has 0 aromatic carbocycles. The quantitative estimate of drug-likeness (QED) is 0.645. The van der Waals surface area contributed by atoms with Gasteiger partial charge in [-0.3, -0.25) is 0 Å². The molecule has 1 atom stereocenters. The lowest BCUT2D eigenvalue weighted by molar-refractivity contribution is 0.134. The van der Waals surface area contributed by atoms with Gasteiger partial charge in [0.25, 0.3) is 0 Å². The number of hydrogen-bond acceptors (Lipinski definition) is 2. The largest absolute Gasteiger partial charge is 0.382 e. The second-order valence-electron chi connectivity index (χ2n) is 4.55. The zero-order chi connectivity index (χ0) is 10.3. The van der Waals surface area contributed by atoms with Crippen molar-refractivity contribution in [2.45, 2.75) is 46.6 Å². The van der Waals surface area contributed by atoms with E-state index in [0.717, 1.165) is 19.6 Å². The Labute approximate surface area is 83.1 Å². The van der Waals surface area contributed by atoms with Crippen LogP contribution in [0.2, 0.25) is 0 Å². The maximum atomic E-state index is 5.31. The smallest absolute Gasteiger partial charge is 0.0466 e. The first kappa shape index (κ1) is 12.9. The van der Waals surface area contributed by atoms with Crippen LogP contribution in [0.4, 0.5) is 0 Å². The van der Waals surface area contributed by atoms with Crippen LogP contribution in [0.3, 0.4) is 0 Å². The van der Waals surface area contributed by atoms with Crippen molar-refractivity contribution in [1.29, 1.82) is 0 Å². The molecule has 0 aromatic heterocycles. The Morgan fingerprint density at radius 1 is 1.31 bits per heavy atom. The summed E-state index contributed by atoms with van der Waals surface area (Å²) in [6.45, 7) is 10.6. The summed E-state index contributed by atoms with van der Waals surface area (Å²) in [5.74, 6) is 0. The van der Waals surface area contributed by atoms with E-state index in [1.54, 1.807) is 0 Å². The van der Waals surface area contributed by atoms with Gasteiger partial charge in [0.1, 0.15) is 0 Å². The molecule has 13 heavy (non-hydrogen) atoms. The molecule has 0 amide bonds. The van der Waals surface area contributed by atoms with E-state index in [-0.39, 0.29) is 0 Å². The Balaban J connectivity index is 3.61. The lowest BCUT2D eigenvalue weighted by atomic mass is 9.84. The average Bonchev–Trinajstić information content (AvgIpc) is 2.02. The molecule has 0 aliphatic carbocycles. The van der Waals surface area contributed by atoms with Gasteiger partial charge < -0.3 is 10.1 Å². The van der Waals surface area contributed by atoms with Crippen molar-refractivity contribution in [3.8, 4) is 0 Å². The second kappa shape index (κ2) is 6.39. The third kappa shape index (κ3) is 6.05. The molecule has 0 aliphatic heterocycles. The fraction of sp³-hybridized carbons (Fsp3) is 1.00. The lowest BCUT2D eigenvalue weighted by Crippen LogP contribution is -2.38. The monoisotopic (exact) mass is 187 g/mol. The number of nitrogens with one attached hydrogen (secondary N) is 1. The molecule has 0 rings (SSSR count). The molecule has 80 valence electrons. The fourth-order valence-electron chi connectivity index (χ4n) is 1.54. The van der Waals surface area contributed by atoms with Gasteiger partial charge in [0.2, 0.25) is 0 Å². The van der Waals surface area contributed by atoms with Crippen LogP contribution in [0.25, 0.3) is 0 Å². The van der Waals surface area contributed by atoms with E-state index in [1.165, 1.54) is 6.42 Å². The van der Waals surface area contributed by atoms with Crippen molar-refractivity contribution < 1.29 is 4.74 Å². The molecule has 0 radical (unpaired) electrons. The van der Waals surface area contributed by atoms with E-state index < -0.39 is 0 Å². The number of hydrogen-bond donors (Lipinski definition) is 1. The van der Waals surface area contributed by atoms with Crippen LogP contribution in [-0.4, -0.2) is 26.3 Å². The zero-order valence-corrected chi connectivity index (χ0v) is 9.81. The first-order valence-corrected chi connectivity index (χ1v) is 5.27. The van der Waals surface area contributed by atoms with Crippen molar-refractivity contribution in [3.63, 3.8) is 0 Å². The zero-order valence-electron chi connectivity index (χ0n) is 9.81. The SMILES string of the molecule is CCOCCCC(NC)C(C)(C)C. The van der Waals surface area contributed by atoms with Gasteiger partial charge >= 0.3 is 0 Å². The molecule has 0 aromatic rings. The highest BCUT2D eigenvalue weighted by Crippen LogP contribution is 2.22. The van der Waals surface area contributed by atoms with E-state index in [9.17, 15) is 0 Å². The Morgan fingerprint density at radius 2 is 1.92 bits per heavy atom. The first-order chi connectivity index (χ1) is 6.02. The topological polar surface area (TPSA) is 21.3 Å².